The van der Waals surface area contributed by atoms with Crippen LogP contribution in [0.3, 0.4) is 0 Å². The lowest BCUT2D eigenvalue weighted by Crippen LogP contribution is -2.30. The van der Waals surface area contributed by atoms with E-state index in [9.17, 15) is 4.79 Å². The smallest absolute Gasteiger partial charge is 0.251 e. The number of thioether (sulfide) groups is 1. The Hall–Kier alpha value is -1.36. The van der Waals surface area contributed by atoms with Crippen LogP contribution in [0.4, 0.5) is 0 Å². The molecule has 1 saturated heterocycles. The van der Waals surface area contributed by atoms with Gasteiger partial charge in [0.1, 0.15) is 0 Å². The van der Waals surface area contributed by atoms with Crippen molar-refractivity contribution >= 4 is 17.7 Å². The molecule has 0 spiro atoms. The Balaban J connectivity index is 1.57. The van der Waals surface area contributed by atoms with Crippen LogP contribution in [0.1, 0.15) is 23.2 Å². The van der Waals surface area contributed by atoms with Gasteiger partial charge in [-0.3, -0.25) is 4.79 Å². The lowest BCUT2D eigenvalue weighted by Gasteiger charge is -2.21. The summed E-state index contributed by atoms with van der Waals surface area (Å²) in [5.41, 5.74) is 0.634. The highest BCUT2D eigenvalue weighted by molar-refractivity contribution is 7.99. The summed E-state index contributed by atoms with van der Waals surface area (Å²) in [6.45, 7) is 1.01. The van der Waals surface area contributed by atoms with E-state index >= 15 is 0 Å². The number of carbonyl (C=O) groups excluding carboxylic acids is 1. The average molecular weight is 279 g/mol. The van der Waals surface area contributed by atoms with Crippen molar-refractivity contribution in [2.45, 2.75) is 12.8 Å². The Morgan fingerprint density at radius 1 is 1.26 bits per heavy atom. The first-order chi connectivity index (χ1) is 9.33. The van der Waals surface area contributed by atoms with Crippen LogP contribution in [-0.4, -0.2) is 30.8 Å². The van der Waals surface area contributed by atoms with E-state index in [1.807, 2.05) is 11.8 Å². The summed E-state index contributed by atoms with van der Waals surface area (Å²) < 4.78 is 10.5. The van der Waals surface area contributed by atoms with Gasteiger partial charge in [-0.25, -0.2) is 0 Å². The fourth-order valence-corrected chi connectivity index (χ4v) is 3.53. The van der Waals surface area contributed by atoms with Crippen molar-refractivity contribution < 1.29 is 14.3 Å². The third kappa shape index (κ3) is 2.97. The molecule has 1 amide bonds. The number of benzene rings is 1. The van der Waals surface area contributed by atoms with Crippen LogP contribution in [0.2, 0.25) is 0 Å². The molecule has 102 valence electrons. The predicted molar refractivity (Wildman–Crippen MR) is 74.9 cm³/mol. The van der Waals surface area contributed by atoms with Crippen molar-refractivity contribution in [1.29, 1.82) is 0 Å². The molecule has 0 atom stereocenters. The quantitative estimate of drug-likeness (QED) is 0.922. The van der Waals surface area contributed by atoms with E-state index in [1.165, 1.54) is 24.3 Å². The van der Waals surface area contributed by atoms with Gasteiger partial charge in [-0.05, 0) is 48.5 Å². The average Bonchev–Trinajstić information content (AvgIpc) is 2.93. The van der Waals surface area contributed by atoms with E-state index in [4.69, 9.17) is 9.47 Å². The van der Waals surface area contributed by atoms with Crippen molar-refractivity contribution in [3.05, 3.63) is 23.8 Å². The lowest BCUT2D eigenvalue weighted by molar-refractivity contribution is 0.0946. The molecule has 2 aliphatic heterocycles. The molecule has 4 nitrogen and oxygen atoms in total. The highest BCUT2D eigenvalue weighted by atomic mass is 32.2. The molecule has 0 saturated carbocycles. The molecule has 0 unspecified atom stereocenters. The minimum absolute atomic E-state index is 0.0310. The zero-order chi connectivity index (χ0) is 13.1. The Labute approximate surface area is 116 Å². The number of fused-ring (bicyclic) bond motifs is 1. The molecule has 1 N–H and O–H groups in total. The van der Waals surface area contributed by atoms with Gasteiger partial charge in [0.05, 0.1) is 0 Å². The SMILES string of the molecule is O=C(NCC1CCSCC1)c1ccc2c(c1)OCO2. The molecule has 5 heteroatoms. The number of ether oxygens (including phenoxy) is 2. The molecule has 0 radical (unpaired) electrons. The van der Waals surface area contributed by atoms with Crippen molar-refractivity contribution in [2.24, 2.45) is 5.92 Å². The van der Waals surface area contributed by atoms with Gasteiger partial charge in [0.25, 0.3) is 5.91 Å². The van der Waals surface area contributed by atoms with E-state index in [-0.39, 0.29) is 12.7 Å². The first kappa shape index (κ1) is 12.7. The van der Waals surface area contributed by atoms with Crippen LogP contribution < -0.4 is 14.8 Å². The van der Waals surface area contributed by atoms with Crippen LogP contribution in [0.5, 0.6) is 11.5 Å². The fraction of sp³-hybridized carbons (Fsp3) is 0.500. The third-order valence-electron chi connectivity index (χ3n) is 3.53. The van der Waals surface area contributed by atoms with Crippen LogP contribution in [-0.2, 0) is 0 Å². The van der Waals surface area contributed by atoms with E-state index in [0.717, 1.165) is 6.54 Å². The monoisotopic (exact) mass is 279 g/mol. The molecule has 1 fully saturated rings. The van der Waals surface area contributed by atoms with Crippen molar-refractivity contribution in [1.82, 2.24) is 5.32 Å². The van der Waals surface area contributed by atoms with Gasteiger partial charge in [0.2, 0.25) is 6.79 Å². The lowest BCUT2D eigenvalue weighted by atomic mass is 10.0. The molecular weight excluding hydrogens is 262 g/mol. The van der Waals surface area contributed by atoms with Crippen LogP contribution in [0, 0.1) is 5.92 Å². The normalized spacial score (nSPS) is 18.3. The zero-order valence-corrected chi connectivity index (χ0v) is 11.5. The number of carbonyl (C=O) groups is 1. The molecule has 2 heterocycles. The van der Waals surface area contributed by atoms with E-state index in [1.54, 1.807) is 18.2 Å². The largest absolute Gasteiger partial charge is 0.454 e. The number of amides is 1. The summed E-state index contributed by atoms with van der Waals surface area (Å²) in [5.74, 6) is 4.38. The third-order valence-corrected chi connectivity index (χ3v) is 4.58. The Bertz CT molecular complexity index is 472. The second-order valence-corrected chi connectivity index (χ2v) is 6.06. The van der Waals surface area contributed by atoms with Gasteiger partial charge < -0.3 is 14.8 Å². The van der Waals surface area contributed by atoms with Crippen molar-refractivity contribution in [2.75, 3.05) is 24.8 Å². The molecule has 19 heavy (non-hydrogen) atoms. The van der Waals surface area contributed by atoms with E-state index in [2.05, 4.69) is 5.32 Å². The first-order valence-corrected chi connectivity index (χ1v) is 7.74. The molecule has 1 aromatic rings. The highest BCUT2D eigenvalue weighted by Gasteiger charge is 2.18. The summed E-state index contributed by atoms with van der Waals surface area (Å²) in [7, 11) is 0. The van der Waals surface area contributed by atoms with Gasteiger partial charge in [0, 0.05) is 12.1 Å². The minimum Gasteiger partial charge on any atom is -0.454 e. The van der Waals surface area contributed by atoms with Gasteiger partial charge in [-0.15, -0.1) is 0 Å². The summed E-state index contributed by atoms with van der Waals surface area (Å²) >= 11 is 2.00. The summed E-state index contributed by atoms with van der Waals surface area (Å²) in [5, 5.41) is 3.02. The molecule has 1 aromatic carbocycles. The van der Waals surface area contributed by atoms with Gasteiger partial charge >= 0.3 is 0 Å². The van der Waals surface area contributed by atoms with Crippen LogP contribution in [0.25, 0.3) is 0 Å². The first-order valence-electron chi connectivity index (χ1n) is 6.58. The second kappa shape index (κ2) is 5.74. The Morgan fingerprint density at radius 2 is 2.05 bits per heavy atom. The maximum Gasteiger partial charge on any atom is 0.251 e. The number of hydrogen-bond acceptors (Lipinski definition) is 4. The van der Waals surface area contributed by atoms with Crippen molar-refractivity contribution in [3.63, 3.8) is 0 Å². The predicted octanol–water partition coefficient (Wildman–Crippen LogP) is 2.29. The van der Waals surface area contributed by atoms with Gasteiger partial charge in [-0.1, -0.05) is 0 Å². The molecule has 2 aliphatic rings. The van der Waals surface area contributed by atoms with Gasteiger partial charge in [0.15, 0.2) is 11.5 Å². The maximum absolute atomic E-state index is 12.1. The minimum atomic E-state index is -0.0310. The van der Waals surface area contributed by atoms with E-state index in [0.29, 0.717) is 23.0 Å². The number of nitrogens with one attached hydrogen (secondary N) is 1. The summed E-state index contributed by atoms with van der Waals surface area (Å²) in [6, 6.07) is 5.31. The molecule has 0 bridgehead atoms. The molecular formula is C14H17NO3S. The Morgan fingerprint density at radius 3 is 2.89 bits per heavy atom. The number of rotatable bonds is 3. The Kier molecular flexibility index (Phi) is 3.82. The van der Waals surface area contributed by atoms with E-state index < -0.39 is 0 Å². The molecule has 0 aromatic heterocycles. The topological polar surface area (TPSA) is 47.6 Å². The zero-order valence-electron chi connectivity index (χ0n) is 10.7. The van der Waals surface area contributed by atoms with Crippen molar-refractivity contribution in [3.8, 4) is 11.5 Å². The standard InChI is InChI=1S/C14H17NO3S/c16-14(15-8-10-3-5-19-6-4-10)11-1-2-12-13(7-11)18-9-17-12/h1-2,7,10H,3-6,8-9H2,(H,15,16). The maximum atomic E-state index is 12.1. The van der Waals surface area contributed by atoms with Crippen LogP contribution >= 0.6 is 11.8 Å². The summed E-state index contributed by atoms with van der Waals surface area (Å²) in [4.78, 5) is 12.1. The number of hydrogen-bond donors (Lipinski definition) is 1. The molecule has 3 rings (SSSR count). The highest BCUT2D eigenvalue weighted by Crippen LogP contribution is 2.32. The molecule has 0 aliphatic carbocycles. The summed E-state index contributed by atoms with van der Waals surface area (Å²) in [6.07, 6.45) is 2.40. The van der Waals surface area contributed by atoms with Gasteiger partial charge in [-0.2, -0.15) is 11.8 Å². The van der Waals surface area contributed by atoms with Crippen LogP contribution in [0.15, 0.2) is 18.2 Å². The second-order valence-electron chi connectivity index (χ2n) is 4.83. The fourth-order valence-electron chi connectivity index (χ4n) is 2.33.